The molecule has 1 saturated heterocycles. The van der Waals surface area contributed by atoms with Crippen molar-refractivity contribution >= 4 is 40.3 Å². The molecule has 1 fully saturated rings. The summed E-state index contributed by atoms with van der Waals surface area (Å²) in [5, 5.41) is 28.1. The molecule has 0 aliphatic carbocycles. The topological polar surface area (TPSA) is 183 Å². The number of aromatic amines is 1. The van der Waals surface area contributed by atoms with E-state index in [1.807, 2.05) is 53.3 Å². The van der Waals surface area contributed by atoms with Gasteiger partial charge >= 0.3 is 6.03 Å². The van der Waals surface area contributed by atoms with Crippen molar-refractivity contribution in [3.05, 3.63) is 131 Å². The molecule has 4 aromatic carbocycles. The Morgan fingerprint density at radius 3 is 2.52 bits per heavy atom. The van der Waals surface area contributed by atoms with Crippen molar-refractivity contribution in [3.63, 3.8) is 0 Å². The van der Waals surface area contributed by atoms with E-state index in [-0.39, 0.29) is 23.6 Å². The maximum absolute atomic E-state index is 15.1. The Kier molecular flexibility index (Phi) is 12.7. The van der Waals surface area contributed by atoms with Crippen LogP contribution in [0.5, 0.6) is 0 Å². The lowest BCUT2D eigenvalue weighted by Gasteiger charge is -2.26. The Bertz CT molecular complexity index is 2850. The van der Waals surface area contributed by atoms with Gasteiger partial charge in [-0.2, -0.15) is 0 Å². The second kappa shape index (κ2) is 18.7. The Hall–Kier alpha value is -7.17. The molecule has 0 unspecified atom stereocenters. The fourth-order valence-corrected chi connectivity index (χ4v) is 7.73. The van der Waals surface area contributed by atoms with Crippen LogP contribution in [0.1, 0.15) is 73.0 Å². The Morgan fingerprint density at radius 2 is 1.73 bits per heavy atom. The van der Waals surface area contributed by atoms with Crippen LogP contribution in [0.3, 0.4) is 0 Å². The molecular formula is C48H48F2N10O4. The highest BCUT2D eigenvalue weighted by Crippen LogP contribution is 2.35. The summed E-state index contributed by atoms with van der Waals surface area (Å²) in [5.41, 5.74) is 6.15. The molecule has 0 saturated carbocycles. The molecule has 4 amide bonds. The molecule has 328 valence electrons. The molecule has 14 nitrogen and oxygen atoms in total. The number of imide groups is 1. The van der Waals surface area contributed by atoms with E-state index in [9.17, 15) is 23.9 Å². The number of urea groups is 1. The molecule has 7 aromatic rings. The molecule has 1 aliphatic rings. The van der Waals surface area contributed by atoms with E-state index in [4.69, 9.17) is 0 Å². The highest BCUT2D eigenvalue weighted by atomic mass is 19.1. The summed E-state index contributed by atoms with van der Waals surface area (Å²) >= 11 is 0. The van der Waals surface area contributed by atoms with Crippen molar-refractivity contribution in [3.8, 4) is 33.8 Å². The first-order valence-corrected chi connectivity index (χ1v) is 21.2. The standard InChI is InChI=1S/C48H48F2N10O4/c1-29-37(23-34(49)24-40(29)55-46(62)36-16-15-33(22-39(36)50)48(2,3)64)44-38-25-41(54-45(38)53-28-52-44)31-13-11-30(12-14-31)26-51-18-6-4-5-7-19-59-27-42(57-58-59)32-9-8-10-35(21-32)60-20-17-43(61)56-47(60)63/h8-16,21-25,27-28,51,64H,4-7,17-20,26H2,1-3H3,(H,55,62)(H,52,53,54)(H,56,61,63). The first-order chi connectivity index (χ1) is 30.8. The third-order valence-corrected chi connectivity index (χ3v) is 11.4. The highest BCUT2D eigenvalue weighted by Gasteiger charge is 2.25. The van der Waals surface area contributed by atoms with E-state index in [0.29, 0.717) is 45.6 Å². The lowest BCUT2D eigenvalue weighted by molar-refractivity contribution is -0.120. The first-order valence-electron chi connectivity index (χ1n) is 21.2. The second-order valence-corrected chi connectivity index (χ2v) is 16.5. The largest absolute Gasteiger partial charge is 0.386 e. The number of fused-ring (bicyclic) bond motifs is 1. The third kappa shape index (κ3) is 9.88. The third-order valence-electron chi connectivity index (χ3n) is 11.4. The van der Waals surface area contributed by atoms with Crippen LogP contribution in [0, 0.1) is 18.6 Å². The van der Waals surface area contributed by atoms with E-state index in [1.165, 1.54) is 44.4 Å². The van der Waals surface area contributed by atoms with Gasteiger partial charge in [-0.15, -0.1) is 5.10 Å². The van der Waals surface area contributed by atoms with Gasteiger partial charge in [-0.1, -0.05) is 60.5 Å². The van der Waals surface area contributed by atoms with E-state index in [2.05, 4.69) is 53.3 Å². The van der Waals surface area contributed by atoms with E-state index < -0.39 is 29.2 Å². The van der Waals surface area contributed by atoms with E-state index >= 15 is 4.39 Å². The van der Waals surface area contributed by atoms with Gasteiger partial charge in [0.15, 0.2) is 0 Å². The number of benzene rings is 4. The van der Waals surface area contributed by atoms with Crippen molar-refractivity contribution in [2.24, 2.45) is 0 Å². The maximum Gasteiger partial charge on any atom is 0.328 e. The number of carbonyl (C=O) groups excluding carboxylic acids is 3. The summed E-state index contributed by atoms with van der Waals surface area (Å²) in [4.78, 5) is 50.8. The van der Waals surface area contributed by atoms with Crippen molar-refractivity contribution in [2.45, 2.75) is 71.6 Å². The average Bonchev–Trinajstić information content (AvgIpc) is 3.94. The monoisotopic (exact) mass is 866 g/mol. The number of nitrogens with zero attached hydrogens (tertiary/aromatic N) is 6. The van der Waals surface area contributed by atoms with Crippen LogP contribution in [0.2, 0.25) is 0 Å². The lowest BCUT2D eigenvalue weighted by Crippen LogP contribution is -2.49. The van der Waals surface area contributed by atoms with Gasteiger partial charge in [0.1, 0.15) is 29.3 Å². The normalized spacial score (nSPS) is 13.1. The van der Waals surface area contributed by atoms with Crippen LogP contribution >= 0.6 is 0 Å². The summed E-state index contributed by atoms with van der Waals surface area (Å²) in [7, 11) is 0. The number of aliphatic hydroxyl groups is 1. The van der Waals surface area contributed by atoms with Crippen molar-refractivity contribution in [1.29, 1.82) is 0 Å². The minimum Gasteiger partial charge on any atom is -0.386 e. The maximum atomic E-state index is 15.1. The number of carbonyl (C=O) groups is 3. The summed E-state index contributed by atoms with van der Waals surface area (Å²) in [5.74, 6) is -2.43. The minimum absolute atomic E-state index is 0.171. The van der Waals surface area contributed by atoms with E-state index in [1.54, 1.807) is 11.8 Å². The highest BCUT2D eigenvalue weighted by molar-refractivity contribution is 6.06. The molecule has 0 bridgehead atoms. The number of rotatable bonds is 16. The van der Waals surface area contributed by atoms with Crippen LogP contribution in [0.25, 0.3) is 44.8 Å². The zero-order chi connectivity index (χ0) is 45.0. The molecule has 3 aromatic heterocycles. The number of halogens is 2. The van der Waals surface area contributed by atoms with Crippen LogP contribution in [0.15, 0.2) is 97.5 Å². The fourth-order valence-electron chi connectivity index (χ4n) is 7.73. The average molecular weight is 867 g/mol. The summed E-state index contributed by atoms with van der Waals surface area (Å²) in [6, 6.07) is 23.7. The molecule has 8 rings (SSSR count). The lowest BCUT2D eigenvalue weighted by atomic mass is 9.96. The second-order valence-electron chi connectivity index (χ2n) is 16.5. The van der Waals surface area contributed by atoms with Gasteiger partial charge in [-0.05, 0) is 105 Å². The van der Waals surface area contributed by atoms with Gasteiger partial charge in [0, 0.05) is 59.6 Å². The zero-order valence-electron chi connectivity index (χ0n) is 35.7. The summed E-state index contributed by atoms with van der Waals surface area (Å²) in [6.45, 7) is 7.48. The number of H-pyrrole nitrogens is 1. The predicted octanol–water partition coefficient (Wildman–Crippen LogP) is 8.41. The first kappa shape index (κ1) is 43.5. The number of aromatic nitrogens is 6. The molecule has 0 radical (unpaired) electrons. The number of unbranched alkanes of at least 4 members (excludes halogenated alkanes) is 3. The quantitative estimate of drug-likeness (QED) is 0.0596. The molecule has 4 heterocycles. The van der Waals surface area contributed by atoms with Crippen LogP contribution in [-0.2, 0) is 23.5 Å². The molecule has 5 N–H and O–H groups in total. The van der Waals surface area contributed by atoms with Crippen molar-refractivity contribution in [2.75, 3.05) is 23.3 Å². The zero-order valence-corrected chi connectivity index (χ0v) is 35.7. The number of hydrogen-bond donors (Lipinski definition) is 5. The van der Waals surface area contributed by atoms with Gasteiger partial charge in [-0.3, -0.25) is 24.5 Å². The number of anilines is 2. The van der Waals surface area contributed by atoms with Gasteiger partial charge < -0.3 is 20.7 Å². The van der Waals surface area contributed by atoms with Crippen molar-refractivity contribution < 1.29 is 28.3 Å². The van der Waals surface area contributed by atoms with Crippen LogP contribution in [-0.4, -0.2) is 66.0 Å². The van der Waals surface area contributed by atoms with Gasteiger partial charge in [0.2, 0.25) is 5.91 Å². The Morgan fingerprint density at radius 1 is 0.922 bits per heavy atom. The molecule has 0 spiro atoms. The van der Waals surface area contributed by atoms with Gasteiger partial charge in [0.25, 0.3) is 5.91 Å². The van der Waals surface area contributed by atoms with Crippen molar-refractivity contribution in [1.82, 2.24) is 40.6 Å². The number of amides is 4. The Balaban J connectivity index is 0.813. The summed E-state index contributed by atoms with van der Waals surface area (Å²) < 4.78 is 31.9. The minimum atomic E-state index is -1.29. The van der Waals surface area contributed by atoms with Crippen LogP contribution in [0.4, 0.5) is 25.0 Å². The Labute approximate surface area is 368 Å². The molecule has 0 atom stereocenters. The smallest absolute Gasteiger partial charge is 0.328 e. The molecular weight excluding hydrogens is 819 g/mol. The molecule has 64 heavy (non-hydrogen) atoms. The van der Waals surface area contributed by atoms with Gasteiger partial charge in [-0.25, -0.2) is 23.5 Å². The molecule has 16 heteroatoms. The number of nitrogens with one attached hydrogen (secondary N) is 4. The van der Waals surface area contributed by atoms with Crippen LogP contribution < -0.4 is 20.9 Å². The predicted molar refractivity (Wildman–Crippen MR) is 240 cm³/mol. The molecule has 1 aliphatic heterocycles. The number of aryl methyl sites for hydroxylation is 1. The SMILES string of the molecule is Cc1c(NC(=O)c2ccc(C(C)(C)O)cc2F)cc(F)cc1-c1ncnc2[nH]c(-c3ccc(CNCCCCCCn4cc(-c5cccc(N6CCC(=O)NC6=O)c5)nn4)cc3)cc12. The summed E-state index contributed by atoms with van der Waals surface area (Å²) in [6.07, 6.45) is 7.71. The van der Waals surface area contributed by atoms with E-state index in [0.717, 1.165) is 79.5 Å². The number of hydrogen-bond acceptors (Lipinski definition) is 9. The van der Waals surface area contributed by atoms with Gasteiger partial charge in [0.05, 0.1) is 23.1 Å². The fraction of sp³-hybridized carbons (Fsp3) is 0.271.